The van der Waals surface area contributed by atoms with Gasteiger partial charge in [-0.1, -0.05) is 17.7 Å². The Bertz CT molecular complexity index is 1310. The van der Waals surface area contributed by atoms with Gasteiger partial charge in [-0.25, -0.2) is 18.9 Å². The number of hydrogen-bond acceptors (Lipinski definition) is 5. The first-order valence-electron chi connectivity index (χ1n) is 9.04. The second kappa shape index (κ2) is 8.12. The Morgan fingerprint density at radius 3 is 2.44 bits per heavy atom. The summed E-state index contributed by atoms with van der Waals surface area (Å²) in [6.07, 6.45) is 1.16. The van der Waals surface area contributed by atoms with Gasteiger partial charge in [0.05, 0.1) is 16.3 Å². The Balaban J connectivity index is 1.65. The molecule has 0 spiro atoms. The number of aromatic carboxylic acids is 1. The highest BCUT2D eigenvalue weighted by Gasteiger charge is 2.37. The van der Waals surface area contributed by atoms with E-state index in [4.69, 9.17) is 21.1 Å². The van der Waals surface area contributed by atoms with Crippen LogP contribution in [0, 0.1) is 5.82 Å². The number of carbonyl (C=O) groups excluding carboxylic acids is 3. The van der Waals surface area contributed by atoms with Crippen LogP contribution in [-0.2, 0) is 9.59 Å². The largest absolute Gasteiger partial charge is 0.478 e. The SMILES string of the molecule is O=C1NC(=O)N(c2ccc(F)cc2)C(=O)/C1=C/c1ccc(-c2ccc(C(=O)O)c(Cl)c2)o1. The van der Waals surface area contributed by atoms with Crippen molar-refractivity contribution in [2.75, 3.05) is 4.90 Å². The predicted molar refractivity (Wildman–Crippen MR) is 112 cm³/mol. The van der Waals surface area contributed by atoms with Gasteiger partial charge < -0.3 is 9.52 Å². The summed E-state index contributed by atoms with van der Waals surface area (Å²) >= 11 is 5.98. The highest BCUT2D eigenvalue weighted by molar-refractivity contribution is 6.39. The van der Waals surface area contributed by atoms with Crippen molar-refractivity contribution in [3.63, 3.8) is 0 Å². The van der Waals surface area contributed by atoms with Gasteiger partial charge in [0.25, 0.3) is 11.8 Å². The van der Waals surface area contributed by atoms with E-state index in [1.807, 2.05) is 0 Å². The average molecular weight is 455 g/mol. The number of rotatable bonds is 4. The van der Waals surface area contributed by atoms with Gasteiger partial charge in [0.2, 0.25) is 0 Å². The molecule has 0 bridgehead atoms. The summed E-state index contributed by atoms with van der Waals surface area (Å²) < 4.78 is 18.8. The second-order valence-corrected chi connectivity index (χ2v) is 7.04. The van der Waals surface area contributed by atoms with Crippen LogP contribution in [0.15, 0.2) is 64.6 Å². The topological polar surface area (TPSA) is 117 Å². The molecule has 1 aromatic heterocycles. The van der Waals surface area contributed by atoms with Gasteiger partial charge in [-0.05, 0) is 54.6 Å². The summed E-state index contributed by atoms with van der Waals surface area (Å²) in [5, 5.41) is 11.1. The Morgan fingerprint density at radius 1 is 1.06 bits per heavy atom. The van der Waals surface area contributed by atoms with Crippen molar-refractivity contribution < 1.29 is 33.1 Å². The number of hydrogen-bond donors (Lipinski definition) is 2. The van der Waals surface area contributed by atoms with Gasteiger partial charge in [-0.3, -0.25) is 14.9 Å². The van der Waals surface area contributed by atoms with Crippen LogP contribution in [0.3, 0.4) is 0 Å². The Hall–Kier alpha value is -4.24. The summed E-state index contributed by atoms with van der Waals surface area (Å²) in [4.78, 5) is 49.0. The van der Waals surface area contributed by atoms with Crippen molar-refractivity contribution in [2.45, 2.75) is 0 Å². The van der Waals surface area contributed by atoms with Crippen LogP contribution in [-0.4, -0.2) is 28.9 Å². The number of benzene rings is 2. The first-order valence-corrected chi connectivity index (χ1v) is 9.42. The fraction of sp³-hybridized carbons (Fsp3) is 0. The summed E-state index contributed by atoms with van der Waals surface area (Å²) in [5.74, 6) is -3.10. The predicted octanol–water partition coefficient (Wildman–Crippen LogP) is 4.10. The molecule has 1 saturated heterocycles. The summed E-state index contributed by atoms with van der Waals surface area (Å²) in [5.41, 5.74) is 0.126. The van der Waals surface area contributed by atoms with E-state index in [0.29, 0.717) is 16.2 Å². The fourth-order valence-electron chi connectivity index (χ4n) is 3.05. The number of anilines is 1. The highest BCUT2D eigenvalue weighted by atomic mass is 35.5. The zero-order valence-electron chi connectivity index (χ0n) is 16.0. The lowest BCUT2D eigenvalue weighted by Crippen LogP contribution is -2.54. The summed E-state index contributed by atoms with van der Waals surface area (Å²) in [6.45, 7) is 0. The molecule has 0 saturated carbocycles. The number of carbonyl (C=O) groups is 4. The lowest BCUT2D eigenvalue weighted by molar-refractivity contribution is -0.122. The number of halogens is 2. The lowest BCUT2D eigenvalue weighted by atomic mass is 10.1. The molecule has 0 unspecified atom stereocenters. The van der Waals surface area contributed by atoms with E-state index in [-0.39, 0.29) is 27.6 Å². The number of amides is 4. The quantitative estimate of drug-likeness (QED) is 0.452. The van der Waals surface area contributed by atoms with Crippen molar-refractivity contribution in [1.82, 2.24) is 5.32 Å². The van der Waals surface area contributed by atoms with Crippen LogP contribution in [0.4, 0.5) is 14.9 Å². The zero-order valence-corrected chi connectivity index (χ0v) is 16.7. The normalized spacial score (nSPS) is 15.2. The third-order valence-electron chi connectivity index (χ3n) is 4.58. The van der Waals surface area contributed by atoms with Gasteiger partial charge in [-0.2, -0.15) is 0 Å². The number of urea groups is 1. The lowest BCUT2D eigenvalue weighted by Gasteiger charge is -2.26. The van der Waals surface area contributed by atoms with E-state index in [1.165, 1.54) is 36.4 Å². The molecule has 1 aliphatic heterocycles. The van der Waals surface area contributed by atoms with E-state index in [2.05, 4.69) is 5.32 Å². The molecule has 32 heavy (non-hydrogen) atoms. The maximum atomic E-state index is 13.2. The van der Waals surface area contributed by atoms with Crippen molar-refractivity contribution in [1.29, 1.82) is 0 Å². The third-order valence-corrected chi connectivity index (χ3v) is 4.90. The summed E-state index contributed by atoms with van der Waals surface area (Å²) in [6, 6.07) is 10.9. The minimum Gasteiger partial charge on any atom is -0.478 e. The molecule has 0 atom stereocenters. The zero-order chi connectivity index (χ0) is 23.0. The number of carboxylic acid groups (broad SMARTS) is 1. The van der Waals surface area contributed by atoms with Crippen LogP contribution in [0.25, 0.3) is 17.4 Å². The highest BCUT2D eigenvalue weighted by Crippen LogP contribution is 2.29. The smallest absolute Gasteiger partial charge is 0.337 e. The van der Waals surface area contributed by atoms with E-state index in [1.54, 1.807) is 6.07 Å². The maximum Gasteiger partial charge on any atom is 0.337 e. The molecule has 0 radical (unpaired) electrons. The van der Waals surface area contributed by atoms with Crippen LogP contribution < -0.4 is 10.2 Å². The molecule has 4 amide bonds. The molecule has 0 aliphatic carbocycles. The molecule has 2 heterocycles. The van der Waals surface area contributed by atoms with Crippen LogP contribution in [0.5, 0.6) is 0 Å². The van der Waals surface area contributed by atoms with Gasteiger partial charge in [0.1, 0.15) is 22.9 Å². The van der Waals surface area contributed by atoms with Gasteiger partial charge in [-0.15, -0.1) is 0 Å². The first-order chi connectivity index (χ1) is 15.2. The van der Waals surface area contributed by atoms with Crippen molar-refractivity contribution >= 4 is 47.2 Å². The molecule has 3 aromatic rings. The molecular formula is C22H12ClFN2O6. The standard InChI is InChI=1S/C22H12ClFN2O6/c23-17-9-11(1-7-15(17)21(29)30)18-8-6-14(32-18)10-16-19(27)25-22(31)26(20(16)28)13-4-2-12(24)3-5-13/h1-10H,(H,29,30)(H,25,27,31)/b16-10+. The number of imide groups is 2. The summed E-state index contributed by atoms with van der Waals surface area (Å²) in [7, 11) is 0. The number of furan rings is 1. The van der Waals surface area contributed by atoms with Crippen LogP contribution in [0.2, 0.25) is 5.02 Å². The molecule has 1 fully saturated rings. The van der Waals surface area contributed by atoms with E-state index < -0.39 is 29.6 Å². The molecule has 10 heteroatoms. The van der Waals surface area contributed by atoms with Gasteiger partial charge >= 0.3 is 12.0 Å². The monoisotopic (exact) mass is 454 g/mol. The minimum absolute atomic E-state index is 0.0154. The van der Waals surface area contributed by atoms with E-state index in [0.717, 1.165) is 18.2 Å². The van der Waals surface area contributed by atoms with E-state index in [9.17, 15) is 23.6 Å². The Morgan fingerprint density at radius 2 is 1.78 bits per heavy atom. The number of nitrogens with zero attached hydrogens (tertiary/aromatic N) is 1. The molecular weight excluding hydrogens is 443 g/mol. The number of nitrogens with one attached hydrogen (secondary N) is 1. The molecule has 160 valence electrons. The first kappa shape index (κ1) is 21.0. The molecule has 1 aliphatic rings. The van der Waals surface area contributed by atoms with Crippen LogP contribution in [0.1, 0.15) is 16.1 Å². The van der Waals surface area contributed by atoms with Gasteiger partial charge in [0.15, 0.2) is 0 Å². The average Bonchev–Trinajstić information content (AvgIpc) is 3.21. The molecule has 2 aromatic carbocycles. The Kier molecular flexibility index (Phi) is 5.33. The minimum atomic E-state index is -1.17. The van der Waals surface area contributed by atoms with Crippen molar-refractivity contribution in [3.8, 4) is 11.3 Å². The van der Waals surface area contributed by atoms with Crippen molar-refractivity contribution in [3.05, 3.63) is 82.3 Å². The maximum absolute atomic E-state index is 13.2. The third kappa shape index (κ3) is 3.88. The second-order valence-electron chi connectivity index (χ2n) is 6.64. The molecule has 8 nitrogen and oxygen atoms in total. The number of barbiturate groups is 1. The van der Waals surface area contributed by atoms with Crippen LogP contribution >= 0.6 is 11.6 Å². The molecule has 4 rings (SSSR count). The Labute approximate surface area is 184 Å². The number of carboxylic acids is 1. The van der Waals surface area contributed by atoms with Gasteiger partial charge in [0, 0.05) is 5.56 Å². The fourth-order valence-corrected chi connectivity index (χ4v) is 3.31. The van der Waals surface area contributed by atoms with Crippen molar-refractivity contribution in [2.24, 2.45) is 0 Å². The van der Waals surface area contributed by atoms with E-state index >= 15 is 0 Å². The molecule has 2 N–H and O–H groups in total.